The summed E-state index contributed by atoms with van der Waals surface area (Å²) in [7, 11) is 0. The number of rotatable bonds is 1. The second kappa shape index (κ2) is 3.48. The van der Waals surface area contributed by atoms with Gasteiger partial charge in [0, 0.05) is 17.1 Å². The van der Waals surface area contributed by atoms with E-state index in [1.54, 1.807) is 0 Å². The van der Waals surface area contributed by atoms with Crippen LogP contribution >= 0.6 is 0 Å². The number of hydrogen-bond donors (Lipinski definition) is 0. The van der Waals surface area contributed by atoms with Crippen molar-refractivity contribution < 1.29 is 17.1 Å². The van der Waals surface area contributed by atoms with Gasteiger partial charge in [0.15, 0.2) is 0 Å². The molecule has 0 aliphatic heterocycles. The van der Waals surface area contributed by atoms with Gasteiger partial charge in [0.05, 0.1) is 0 Å². The van der Waals surface area contributed by atoms with Crippen LogP contribution in [0.4, 0.5) is 0 Å². The second-order valence-corrected chi connectivity index (χ2v) is 2.24. The van der Waals surface area contributed by atoms with E-state index in [0.29, 0.717) is 0 Å². The average molecular weight is 141 g/mol. The van der Waals surface area contributed by atoms with Gasteiger partial charge in [-0.25, -0.2) is 0 Å². The fourth-order valence-corrected chi connectivity index (χ4v) is 0. The Kier molecular flexibility index (Phi) is 5.20. The Morgan fingerprint density at radius 3 is 1.57 bits per heavy atom. The van der Waals surface area contributed by atoms with Crippen LogP contribution in [0.1, 0.15) is 27.2 Å². The largest absolute Gasteiger partial charge is 0.672 e. The molecular formula is C5H12MnN-. The van der Waals surface area contributed by atoms with Crippen LogP contribution in [0.2, 0.25) is 0 Å². The van der Waals surface area contributed by atoms with E-state index < -0.39 is 0 Å². The van der Waals surface area contributed by atoms with Gasteiger partial charge in [-0.3, -0.25) is 0 Å². The molecule has 0 fully saturated rings. The topological polar surface area (TPSA) is 23.8 Å². The van der Waals surface area contributed by atoms with Crippen LogP contribution < -0.4 is 0 Å². The molecule has 45 valence electrons. The minimum absolute atomic E-state index is 0. The van der Waals surface area contributed by atoms with Crippen molar-refractivity contribution in [3.05, 3.63) is 5.73 Å². The summed E-state index contributed by atoms with van der Waals surface area (Å²) in [6.45, 7) is 5.84. The molecule has 0 aliphatic rings. The van der Waals surface area contributed by atoms with Crippen LogP contribution in [-0.4, -0.2) is 5.54 Å². The van der Waals surface area contributed by atoms with Gasteiger partial charge >= 0.3 is 0 Å². The molecule has 0 aromatic rings. The molecule has 7 heavy (non-hydrogen) atoms. The summed E-state index contributed by atoms with van der Waals surface area (Å²) < 4.78 is 0. The molecule has 2 heteroatoms. The quantitative estimate of drug-likeness (QED) is 0.500. The molecule has 0 spiro atoms. The molecule has 0 aromatic heterocycles. The van der Waals surface area contributed by atoms with E-state index in [9.17, 15) is 0 Å². The number of hydrogen-bond acceptors (Lipinski definition) is 0. The zero-order valence-corrected chi connectivity index (χ0v) is 6.27. The van der Waals surface area contributed by atoms with E-state index in [4.69, 9.17) is 5.73 Å². The van der Waals surface area contributed by atoms with Crippen molar-refractivity contribution in [2.45, 2.75) is 32.7 Å². The average Bonchev–Trinajstić information content (AvgIpc) is 1.35. The second-order valence-electron chi connectivity index (χ2n) is 2.24. The van der Waals surface area contributed by atoms with Crippen molar-refractivity contribution in [3.63, 3.8) is 0 Å². The zero-order valence-electron chi connectivity index (χ0n) is 5.09. The summed E-state index contributed by atoms with van der Waals surface area (Å²) in [6.07, 6.45) is 0.938. The Morgan fingerprint density at radius 2 is 1.57 bits per heavy atom. The van der Waals surface area contributed by atoms with Crippen molar-refractivity contribution >= 4 is 0 Å². The van der Waals surface area contributed by atoms with Crippen LogP contribution in [0, 0.1) is 0 Å². The summed E-state index contributed by atoms with van der Waals surface area (Å²) in [5.74, 6) is 0. The molecule has 0 heterocycles. The molecular weight excluding hydrogens is 129 g/mol. The van der Waals surface area contributed by atoms with E-state index in [1.165, 1.54) is 0 Å². The van der Waals surface area contributed by atoms with E-state index in [-0.39, 0.29) is 22.6 Å². The maximum atomic E-state index is 7.18. The van der Waals surface area contributed by atoms with E-state index >= 15 is 0 Å². The van der Waals surface area contributed by atoms with Crippen LogP contribution in [-0.2, 0) is 17.1 Å². The summed E-state index contributed by atoms with van der Waals surface area (Å²) in [5.41, 5.74) is 6.97. The van der Waals surface area contributed by atoms with Crippen LogP contribution in [0.3, 0.4) is 0 Å². The van der Waals surface area contributed by atoms with Crippen molar-refractivity contribution in [1.82, 2.24) is 0 Å². The predicted molar refractivity (Wildman–Crippen MR) is 28.7 cm³/mol. The molecule has 0 saturated heterocycles. The molecule has 0 aromatic carbocycles. The molecule has 0 rings (SSSR count). The first-order chi connectivity index (χ1) is 2.56. The summed E-state index contributed by atoms with van der Waals surface area (Å²) in [5, 5.41) is 0. The van der Waals surface area contributed by atoms with Crippen molar-refractivity contribution in [3.8, 4) is 0 Å². The Balaban J connectivity index is 0. The molecule has 1 nitrogen and oxygen atoms in total. The van der Waals surface area contributed by atoms with Gasteiger partial charge in [0.1, 0.15) is 0 Å². The minimum atomic E-state index is -0.208. The minimum Gasteiger partial charge on any atom is -0.672 e. The Morgan fingerprint density at radius 1 is 1.43 bits per heavy atom. The standard InChI is InChI=1S/C5H12N.Mn/c1-4-5(2,3)6;/h6H,4H2,1-3H3;/q-1;. The predicted octanol–water partition coefficient (Wildman–Crippen LogP) is 2.22. The van der Waals surface area contributed by atoms with Gasteiger partial charge in [-0.1, -0.05) is 27.2 Å². The molecule has 1 radical (unpaired) electrons. The maximum absolute atomic E-state index is 7.18. The van der Waals surface area contributed by atoms with Gasteiger partial charge in [-0.15, -0.1) is 5.54 Å². The third kappa shape index (κ3) is 10.7. The van der Waals surface area contributed by atoms with Gasteiger partial charge in [0.2, 0.25) is 0 Å². The molecule has 0 amide bonds. The first-order valence-electron chi connectivity index (χ1n) is 2.31. The third-order valence-electron chi connectivity index (χ3n) is 0.884. The zero-order chi connectivity index (χ0) is 5.21. The number of nitrogens with one attached hydrogen (secondary N) is 1. The summed E-state index contributed by atoms with van der Waals surface area (Å²) in [6, 6.07) is 0. The van der Waals surface area contributed by atoms with Crippen LogP contribution in [0.25, 0.3) is 5.73 Å². The molecule has 0 saturated carbocycles. The van der Waals surface area contributed by atoms with Gasteiger partial charge in [-0.05, 0) is 0 Å². The molecule has 0 aliphatic carbocycles. The smallest absolute Gasteiger partial charge is 0 e. The fraction of sp³-hybridized carbons (Fsp3) is 1.00. The van der Waals surface area contributed by atoms with Crippen molar-refractivity contribution in [1.29, 1.82) is 0 Å². The van der Waals surface area contributed by atoms with Gasteiger partial charge < -0.3 is 5.73 Å². The molecule has 0 bridgehead atoms. The van der Waals surface area contributed by atoms with Crippen LogP contribution in [0.15, 0.2) is 0 Å². The Labute approximate surface area is 56.1 Å². The van der Waals surface area contributed by atoms with E-state index in [1.807, 2.05) is 20.8 Å². The first-order valence-corrected chi connectivity index (χ1v) is 2.31. The fourth-order valence-electron chi connectivity index (χ4n) is 0. The Bertz CT molecular complexity index is 37.8. The first kappa shape index (κ1) is 10.5. The summed E-state index contributed by atoms with van der Waals surface area (Å²) >= 11 is 0. The van der Waals surface area contributed by atoms with Crippen molar-refractivity contribution in [2.75, 3.05) is 0 Å². The summed E-state index contributed by atoms with van der Waals surface area (Å²) in [4.78, 5) is 0. The Hall–Kier alpha value is 0.479. The van der Waals surface area contributed by atoms with E-state index in [0.717, 1.165) is 6.42 Å². The monoisotopic (exact) mass is 141 g/mol. The normalized spacial score (nSPS) is 10.3. The van der Waals surface area contributed by atoms with Crippen molar-refractivity contribution in [2.24, 2.45) is 0 Å². The molecule has 1 N–H and O–H groups in total. The molecule has 0 atom stereocenters. The SMILES string of the molecule is CCC(C)(C)[NH-].[Mn]. The maximum Gasteiger partial charge on any atom is 0 e. The molecule has 0 unspecified atom stereocenters. The third-order valence-corrected chi connectivity index (χ3v) is 0.884. The van der Waals surface area contributed by atoms with Gasteiger partial charge in [0.25, 0.3) is 0 Å². The van der Waals surface area contributed by atoms with Crippen LogP contribution in [0.5, 0.6) is 0 Å². The van der Waals surface area contributed by atoms with Gasteiger partial charge in [-0.2, -0.15) is 0 Å². The van der Waals surface area contributed by atoms with E-state index in [2.05, 4.69) is 0 Å².